The monoisotopic (exact) mass is 938 g/mol. The highest BCUT2D eigenvalue weighted by Gasteiger charge is 2.51. The van der Waals surface area contributed by atoms with E-state index in [-0.39, 0.29) is 47.3 Å². The molecule has 0 aliphatic carbocycles. The van der Waals surface area contributed by atoms with Crippen LogP contribution in [-0.2, 0) is 46.5 Å². The van der Waals surface area contributed by atoms with E-state index in [1.807, 2.05) is 66.7 Å². The summed E-state index contributed by atoms with van der Waals surface area (Å²) in [5.74, 6) is -1.30. The van der Waals surface area contributed by atoms with Gasteiger partial charge < -0.3 is 42.6 Å². The van der Waals surface area contributed by atoms with Gasteiger partial charge in [0.15, 0.2) is 18.8 Å². The number of hydrogen-bond acceptors (Lipinski definition) is 14. The lowest BCUT2D eigenvalue weighted by molar-refractivity contribution is -0.156. The van der Waals surface area contributed by atoms with Gasteiger partial charge in [-0.3, -0.25) is 4.79 Å². The first-order valence-electron chi connectivity index (χ1n) is 21.8. The summed E-state index contributed by atoms with van der Waals surface area (Å²) >= 11 is 0. The molecule has 2 aliphatic heterocycles. The van der Waals surface area contributed by atoms with Crippen LogP contribution in [0.15, 0.2) is 169 Å². The van der Waals surface area contributed by atoms with Crippen LogP contribution in [0.1, 0.15) is 32.6 Å². The van der Waals surface area contributed by atoms with E-state index in [4.69, 9.17) is 49.2 Å². The van der Waals surface area contributed by atoms with Gasteiger partial charge in [0.1, 0.15) is 65.8 Å². The lowest BCUT2D eigenvalue weighted by Crippen LogP contribution is -2.36. The Morgan fingerprint density at radius 2 is 1.03 bits per heavy atom. The number of carbonyl (C=O) groups excluding carboxylic acids is 4. The average Bonchev–Trinajstić information content (AvgIpc) is 3.99. The molecule has 15 heteroatoms. The second-order valence-electron chi connectivity index (χ2n) is 15.6. The van der Waals surface area contributed by atoms with Crippen molar-refractivity contribution in [3.05, 3.63) is 208 Å². The van der Waals surface area contributed by atoms with Crippen LogP contribution in [0.3, 0.4) is 0 Å². The Bertz CT molecular complexity index is 2930. The molecule has 15 nitrogen and oxygen atoms in total. The predicted molar refractivity (Wildman–Crippen MR) is 251 cm³/mol. The molecule has 350 valence electrons. The van der Waals surface area contributed by atoms with Gasteiger partial charge >= 0.3 is 23.9 Å². The van der Waals surface area contributed by atoms with Crippen molar-refractivity contribution in [2.24, 2.45) is 0 Å². The number of fused-ring (bicyclic) bond motifs is 1. The van der Waals surface area contributed by atoms with E-state index in [2.05, 4.69) is 4.85 Å². The Labute approximate surface area is 402 Å². The van der Waals surface area contributed by atoms with E-state index < -0.39 is 54.9 Å². The third-order valence-electron chi connectivity index (χ3n) is 10.7. The molecule has 0 spiro atoms. The predicted octanol–water partition coefficient (Wildman–Crippen LogP) is 8.54. The van der Waals surface area contributed by atoms with Crippen molar-refractivity contribution in [3.8, 4) is 34.8 Å². The standard InChI is InChI=1S/C55H42N2O13/c1-57-47(29-37-14-20-43(21-15-37)63-32-39-10-6-3-7-11-39)55(61)68-46-26-24-44(25-27-46)64-35-50(58)69-48-33-65-52-49(34-66-51(48)52)70-53(59)40-16-22-45(23-17-40)67-54(60)41(30-56)28-36-12-18-42(19-13-36)62-31-38-8-4-2-5-9-38/h2-29,48-49,51-52H,31-35H2/b41-28+,47-29-/t48-,49-,51+,52+/m1/s1. The number of nitrogens with zero attached hydrogens (tertiary/aromatic N) is 2. The van der Waals surface area contributed by atoms with Crippen LogP contribution in [0.4, 0.5) is 0 Å². The van der Waals surface area contributed by atoms with Crippen molar-refractivity contribution < 1.29 is 61.8 Å². The summed E-state index contributed by atoms with van der Waals surface area (Å²) in [6.07, 6.45) is -0.158. The normalized spacial score (nSPS) is 17.2. The van der Waals surface area contributed by atoms with Gasteiger partial charge in [0.2, 0.25) is 0 Å². The molecule has 2 saturated heterocycles. The Morgan fingerprint density at radius 1 is 0.571 bits per heavy atom. The van der Waals surface area contributed by atoms with Crippen molar-refractivity contribution in [2.45, 2.75) is 37.6 Å². The summed E-state index contributed by atoms with van der Waals surface area (Å²) in [7, 11) is 0. The molecule has 0 N–H and O–H groups in total. The van der Waals surface area contributed by atoms with Crippen LogP contribution < -0.4 is 23.7 Å². The maximum absolute atomic E-state index is 13.1. The minimum absolute atomic E-state index is 0.00160. The number of carbonyl (C=O) groups is 4. The van der Waals surface area contributed by atoms with Crippen LogP contribution in [0.2, 0.25) is 0 Å². The first kappa shape index (κ1) is 47.5. The molecule has 2 fully saturated rings. The molecular weight excluding hydrogens is 897 g/mol. The zero-order chi connectivity index (χ0) is 48.7. The van der Waals surface area contributed by atoms with Crippen LogP contribution >= 0.6 is 0 Å². The summed E-state index contributed by atoms with van der Waals surface area (Å²) < 4.78 is 50.9. The van der Waals surface area contributed by atoms with E-state index in [0.29, 0.717) is 35.8 Å². The van der Waals surface area contributed by atoms with Crippen molar-refractivity contribution >= 4 is 36.0 Å². The molecule has 0 radical (unpaired) electrons. The highest BCUT2D eigenvalue weighted by atomic mass is 16.7. The van der Waals surface area contributed by atoms with E-state index in [9.17, 15) is 24.4 Å². The summed E-state index contributed by atoms with van der Waals surface area (Å²) in [4.78, 5) is 54.9. The minimum atomic E-state index is -0.877. The van der Waals surface area contributed by atoms with Gasteiger partial charge in [-0.2, -0.15) is 5.26 Å². The van der Waals surface area contributed by atoms with E-state index in [1.54, 1.807) is 48.5 Å². The molecule has 0 bridgehead atoms. The van der Waals surface area contributed by atoms with Crippen molar-refractivity contribution in [1.29, 1.82) is 5.26 Å². The van der Waals surface area contributed by atoms with Crippen LogP contribution in [0, 0.1) is 17.9 Å². The van der Waals surface area contributed by atoms with E-state index >= 15 is 0 Å². The Morgan fingerprint density at radius 3 is 1.56 bits per heavy atom. The summed E-state index contributed by atoms with van der Waals surface area (Å²) in [6.45, 7) is 7.86. The topological polar surface area (TPSA) is 179 Å². The van der Waals surface area contributed by atoms with Gasteiger partial charge in [-0.05, 0) is 107 Å². The SMILES string of the molecule is [C-]#[N+]/C(=C\c1ccc(OCc2ccccc2)cc1)C(=O)Oc1ccc(OCC(=O)O[C@@H]2CO[C@@H]3[C@H]2OC[C@H]3OC(=O)c2ccc(OC(=O)/C(C#N)=C/c3ccc(OCc4ccccc4)cc3)cc2)cc1. The fourth-order valence-electron chi connectivity index (χ4n) is 7.17. The van der Waals surface area contributed by atoms with Gasteiger partial charge in [-0.1, -0.05) is 84.9 Å². The molecule has 2 aliphatic rings. The fraction of sp³-hybridized carbons (Fsp3) is 0.164. The largest absolute Gasteiger partial charge is 0.489 e. The Hall–Kier alpha value is -9.02. The molecular formula is C55H42N2O13. The van der Waals surface area contributed by atoms with Gasteiger partial charge in [0.25, 0.3) is 5.70 Å². The molecule has 0 amide bonds. The summed E-state index contributed by atoms with van der Waals surface area (Å²) in [6, 6.07) is 46.7. The number of ether oxygens (including phenoxy) is 9. The summed E-state index contributed by atoms with van der Waals surface area (Å²) in [5.41, 5.74) is 2.95. The van der Waals surface area contributed by atoms with Gasteiger partial charge in [0, 0.05) is 0 Å². The third kappa shape index (κ3) is 12.9. The molecule has 6 aromatic carbocycles. The minimum Gasteiger partial charge on any atom is -0.489 e. The average molecular weight is 939 g/mol. The molecule has 0 saturated carbocycles. The molecule has 6 aromatic rings. The molecule has 0 unspecified atom stereocenters. The van der Waals surface area contributed by atoms with Gasteiger partial charge in [0.05, 0.1) is 25.3 Å². The second kappa shape index (κ2) is 23.1. The zero-order valence-corrected chi connectivity index (χ0v) is 37.2. The van der Waals surface area contributed by atoms with Crippen molar-refractivity contribution in [1.82, 2.24) is 0 Å². The number of benzene rings is 6. The summed E-state index contributed by atoms with van der Waals surface area (Å²) in [5, 5.41) is 9.67. The smallest absolute Gasteiger partial charge is 0.354 e. The maximum Gasteiger partial charge on any atom is 0.354 e. The quantitative estimate of drug-likeness (QED) is 0.0263. The van der Waals surface area contributed by atoms with Crippen molar-refractivity contribution in [2.75, 3.05) is 19.8 Å². The van der Waals surface area contributed by atoms with E-state index in [1.165, 1.54) is 60.7 Å². The first-order valence-corrected chi connectivity index (χ1v) is 21.8. The number of esters is 4. The van der Waals surface area contributed by atoms with Crippen molar-refractivity contribution in [3.63, 3.8) is 0 Å². The Kier molecular flexibility index (Phi) is 15.7. The Balaban J connectivity index is 0.744. The lowest BCUT2D eigenvalue weighted by Gasteiger charge is -2.17. The maximum atomic E-state index is 13.1. The molecule has 8 rings (SSSR count). The number of rotatable bonds is 18. The van der Waals surface area contributed by atoms with Crippen LogP contribution in [0.5, 0.6) is 28.7 Å². The van der Waals surface area contributed by atoms with E-state index in [0.717, 1.165) is 11.1 Å². The van der Waals surface area contributed by atoms with Gasteiger partial charge in [-0.25, -0.2) is 19.2 Å². The lowest BCUT2D eigenvalue weighted by atomic mass is 10.1. The third-order valence-corrected chi connectivity index (χ3v) is 10.7. The fourth-order valence-corrected chi connectivity index (χ4v) is 7.17. The second-order valence-corrected chi connectivity index (χ2v) is 15.6. The van der Waals surface area contributed by atoms with Crippen LogP contribution in [-0.4, -0.2) is 68.1 Å². The first-order chi connectivity index (χ1) is 34.2. The molecule has 2 heterocycles. The van der Waals surface area contributed by atoms with Gasteiger partial charge in [-0.15, -0.1) is 0 Å². The molecule has 70 heavy (non-hydrogen) atoms. The number of hydrogen-bond donors (Lipinski definition) is 0. The number of nitriles is 1. The highest BCUT2D eigenvalue weighted by Crippen LogP contribution is 2.32. The van der Waals surface area contributed by atoms with Crippen LogP contribution in [0.25, 0.3) is 17.0 Å². The zero-order valence-electron chi connectivity index (χ0n) is 37.2. The highest BCUT2D eigenvalue weighted by molar-refractivity contribution is 5.99. The molecule has 4 atom stereocenters. The molecule has 0 aromatic heterocycles.